The number of aromatic nitrogens is 3. The van der Waals surface area contributed by atoms with Crippen LogP contribution in [0.4, 0.5) is 0 Å². The van der Waals surface area contributed by atoms with E-state index in [4.69, 9.17) is 9.47 Å². The predicted molar refractivity (Wildman–Crippen MR) is 72.0 cm³/mol. The monoisotopic (exact) mass is 255 g/mol. The molecular weight excluding hydrogens is 242 g/mol. The minimum Gasteiger partial charge on any atom is -0.497 e. The standard InChI is InChI=1S/C14H13N3O2/c1-18-10-7-8-13(14(9-10)19-2)17-15-11-5-3-4-6-12(11)16-17/h3-9H,1-2H3. The molecule has 0 spiro atoms. The molecule has 0 amide bonds. The zero-order valence-electron chi connectivity index (χ0n) is 10.7. The van der Waals surface area contributed by atoms with Crippen molar-refractivity contribution in [2.45, 2.75) is 0 Å². The second-order valence-electron chi connectivity index (χ2n) is 4.02. The normalized spacial score (nSPS) is 10.6. The molecule has 1 heterocycles. The van der Waals surface area contributed by atoms with Gasteiger partial charge in [-0.05, 0) is 24.3 Å². The van der Waals surface area contributed by atoms with E-state index in [0.29, 0.717) is 5.75 Å². The second kappa shape index (κ2) is 4.61. The Balaban J connectivity index is 2.15. The average molecular weight is 255 g/mol. The number of fused-ring (bicyclic) bond motifs is 1. The zero-order chi connectivity index (χ0) is 13.2. The Kier molecular flexibility index (Phi) is 2.79. The summed E-state index contributed by atoms with van der Waals surface area (Å²) in [6, 6.07) is 13.3. The number of methoxy groups -OCH3 is 2. The molecular formula is C14H13N3O2. The quantitative estimate of drug-likeness (QED) is 0.721. The lowest BCUT2D eigenvalue weighted by Gasteiger charge is -2.08. The van der Waals surface area contributed by atoms with Crippen LogP contribution in [0.3, 0.4) is 0 Å². The van der Waals surface area contributed by atoms with E-state index >= 15 is 0 Å². The van der Waals surface area contributed by atoms with Crippen LogP contribution in [0.15, 0.2) is 42.5 Å². The van der Waals surface area contributed by atoms with Gasteiger partial charge in [0.15, 0.2) is 0 Å². The van der Waals surface area contributed by atoms with Gasteiger partial charge in [0.1, 0.15) is 28.2 Å². The van der Waals surface area contributed by atoms with E-state index < -0.39 is 0 Å². The molecule has 0 aliphatic heterocycles. The van der Waals surface area contributed by atoms with Gasteiger partial charge in [0, 0.05) is 6.07 Å². The van der Waals surface area contributed by atoms with Crippen LogP contribution in [0.25, 0.3) is 16.7 Å². The smallest absolute Gasteiger partial charge is 0.150 e. The van der Waals surface area contributed by atoms with Gasteiger partial charge >= 0.3 is 0 Å². The number of rotatable bonds is 3. The van der Waals surface area contributed by atoms with Gasteiger partial charge in [0.2, 0.25) is 0 Å². The van der Waals surface area contributed by atoms with Crippen LogP contribution in [-0.2, 0) is 0 Å². The summed E-state index contributed by atoms with van der Waals surface area (Å²) in [5.41, 5.74) is 2.47. The van der Waals surface area contributed by atoms with Crippen molar-refractivity contribution in [3.63, 3.8) is 0 Å². The maximum absolute atomic E-state index is 5.36. The first-order chi connectivity index (χ1) is 9.31. The summed E-state index contributed by atoms with van der Waals surface area (Å²) in [6.07, 6.45) is 0. The fourth-order valence-electron chi connectivity index (χ4n) is 1.92. The van der Waals surface area contributed by atoms with E-state index in [-0.39, 0.29) is 0 Å². The SMILES string of the molecule is COc1ccc(-n2nc3ccccc3n2)c(OC)c1. The highest BCUT2D eigenvalue weighted by molar-refractivity contribution is 5.73. The second-order valence-corrected chi connectivity index (χ2v) is 4.02. The first kappa shape index (κ1) is 11.5. The third kappa shape index (κ3) is 1.99. The number of hydrogen-bond donors (Lipinski definition) is 0. The fourth-order valence-corrected chi connectivity index (χ4v) is 1.92. The molecule has 0 aliphatic carbocycles. The molecule has 0 aliphatic rings. The number of benzene rings is 2. The Morgan fingerprint density at radius 3 is 2.16 bits per heavy atom. The molecule has 5 nitrogen and oxygen atoms in total. The van der Waals surface area contributed by atoms with E-state index in [9.17, 15) is 0 Å². The first-order valence-electron chi connectivity index (χ1n) is 5.86. The maximum Gasteiger partial charge on any atom is 0.150 e. The third-order valence-corrected chi connectivity index (χ3v) is 2.89. The summed E-state index contributed by atoms with van der Waals surface area (Å²) in [4.78, 5) is 1.57. The van der Waals surface area contributed by atoms with Crippen molar-refractivity contribution < 1.29 is 9.47 Å². The van der Waals surface area contributed by atoms with E-state index in [1.54, 1.807) is 19.0 Å². The summed E-state index contributed by atoms with van der Waals surface area (Å²) in [7, 11) is 3.23. The van der Waals surface area contributed by atoms with Crippen molar-refractivity contribution in [2.24, 2.45) is 0 Å². The van der Waals surface area contributed by atoms with Gasteiger partial charge in [-0.1, -0.05) is 12.1 Å². The summed E-state index contributed by atoms with van der Waals surface area (Å²) >= 11 is 0. The van der Waals surface area contributed by atoms with Gasteiger partial charge < -0.3 is 9.47 Å². The Labute approximate surface area is 110 Å². The van der Waals surface area contributed by atoms with E-state index in [2.05, 4.69) is 10.2 Å². The van der Waals surface area contributed by atoms with Crippen molar-refractivity contribution in [1.82, 2.24) is 15.0 Å². The number of nitrogens with zero attached hydrogens (tertiary/aromatic N) is 3. The molecule has 3 rings (SSSR count). The Hall–Kier alpha value is -2.56. The Morgan fingerprint density at radius 1 is 0.895 bits per heavy atom. The molecule has 0 fully saturated rings. The molecule has 1 aromatic heterocycles. The summed E-state index contributed by atoms with van der Waals surface area (Å²) in [6.45, 7) is 0. The third-order valence-electron chi connectivity index (χ3n) is 2.89. The molecule has 96 valence electrons. The Bertz CT molecular complexity index is 689. The highest BCUT2D eigenvalue weighted by atomic mass is 16.5. The van der Waals surface area contributed by atoms with E-state index in [0.717, 1.165) is 22.5 Å². The van der Waals surface area contributed by atoms with Gasteiger partial charge in [-0.3, -0.25) is 0 Å². The summed E-state index contributed by atoms with van der Waals surface area (Å²) in [5, 5.41) is 8.86. The average Bonchev–Trinajstić information content (AvgIpc) is 2.90. The molecule has 0 unspecified atom stereocenters. The van der Waals surface area contributed by atoms with Gasteiger partial charge in [-0.2, -0.15) is 0 Å². The molecule has 3 aromatic rings. The van der Waals surface area contributed by atoms with Crippen LogP contribution >= 0.6 is 0 Å². The molecule has 0 N–H and O–H groups in total. The molecule has 19 heavy (non-hydrogen) atoms. The van der Waals surface area contributed by atoms with Crippen LogP contribution in [0.2, 0.25) is 0 Å². The van der Waals surface area contributed by atoms with Gasteiger partial charge in [-0.15, -0.1) is 15.0 Å². The van der Waals surface area contributed by atoms with Gasteiger partial charge in [-0.25, -0.2) is 0 Å². The maximum atomic E-state index is 5.36. The van der Waals surface area contributed by atoms with Gasteiger partial charge in [0.05, 0.1) is 14.2 Å². The highest BCUT2D eigenvalue weighted by Crippen LogP contribution is 2.27. The zero-order valence-corrected chi connectivity index (χ0v) is 10.7. The summed E-state index contributed by atoms with van der Waals surface area (Å²) < 4.78 is 10.5. The van der Waals surface area contributed by atoms with Crippen molar-refractivity contribution in [3.05, 3.63) is 42.5 Å². The Morgan fingerprint density at radius 2 is 1.58 bits per heavy atom. The molecule has 0 atom stereocenters. The molecule has 2 aromatic carbocycles. The topological polar surface area (TPSA) is 49.2 Å². The number of ether oxygens (including phenoxy) is 2. The highest BCUT2D eigenvalue weighted by Gasteiger charge is 2.10. The van der Waals surface area contributed by atoms with Crippen molar-refractivity contribution in [2.75, 3.05) is 14.2 Å². The van der Waals surface area contributed by atoms with Crippen molar-refractivity contribution >= 4 is 11.0 Å². The van der Waals surface area contributed by atoms with Crippen LogP contribution in [0, 0.1) is 0 Å². The van der Waals surface area contributed by atoms with E-state index in [1.807, 2.05) is 42.5 Å². The lowest BCUT2D eigenvalue weighted by molar-refractivity contribution is 0.391. The van der Waals surface area contributed by atoms with Crippen molar-refractivity contribution in [1.29, 1.82) is 0 Å². The van der Waals surface area contributed by atoms with Crippen LogP contribution in [-0.4, -0.2) is 29.2 Å². The number of hydrogen-bond acceptors (Lipinski definition) is 4. The first-order valence-corrected chi connectivity index (χ1v) is 5.86. The fraction of sp³-hybridized carbons (Fsp3) is 0.143. The van der Waals surface area contributed by atoms with Crippen LogP contribution < -0.4 is 9.47 Å². The molecule has 0 saturated carbocycles. The van der Waals surface area contributed by atoms with Crippen LogP contribution in [0.5, 0.6) is 11.5 Å². The van der Waals surface area contributed by atoms with Crippen LogP contribution in [0.1, 0.15) is 0 Å². The molecule has 5 heteroatoms. The molecule has 0 saturated heterocycles. The molecule has 0 radical (unpaired) electrons. The molecule has 0 bridgehead atoms. The van der Waals surface area contributed by atoms with Gasteiger partial charge in [0.25, 0.3) is 0 Å². The minimum atomic E-state index is 0.666. The largest absolute Gasteiger partial charge is 0.497 e. The predicted octanol–water partition coefficient (Wildman–Crippen LogP) is 2.44. The lowest BCUT2D eigenvalue weighted by Crippen LogP contribution is -2.01. The lowest BCUT2D eigenvalue weighted by atomic mass is 10.3. The van der Waals surface area contributed by atoms with Crippen molar-refractivity contribution in [3.8, 4) is 17.2 Å². The summed E-state index contributed by atoms with van der Waals surface area (Å²) in [5.74, 6) is 1.40. The van der Waals surface area contributed by atoms with E-state index in [1.165, 1.54) is 0 Å². The minimum absolute atomic E-state index is 0.666.